The Morgan fingerprint density at radius 1 is 1.50 bits per heavy atom. The van der Waals surface area contributed by atoms with Crippen molar-refractivity contribution >= 4 is 5.97 Å². The highest BCUT2D eigenvalue weighted by Gasteiger charge is 2.20. The number of hydrogen-bond acceptors (Lipinski definition) is 3. The van der Waals surface area contributed by atoms with E-state index in [1.165, 1.54) is 19.1 Å². The van der Waals surface area contributed by atoms with Gasteiger partial charge in [0.25, 0.3) is 0 Å². The molecule has 5 heteroatoms. The van der Waals surface area contributed by atoms with Gasteiger partial charge in [-0.1, -0.05) is 0 Å². The Bertz CT molecular complexity index is 379. The molecule has 0 aliphatic rings. The molecule has 1 atom stereocenters. The Morgan fingerprint density at radius 2 is 2.19 bits per heavy atom. The van der Waals surface area contributed by atoms with Gasteiger partial charge in [0.2, 0.25) is 0 Å². The molecule has 1 aromatic rings. The standard InChI is InChI=1S/C11H12F2O3/c1-3-15-11(14)10(13)16-8-4-5-9(12)7(2)6-8/h4-6,10H,3H2,1-2H3. The van der Waals surface area contributed by atoms with E-state index in [-0.39, 0.29) is 12.4 Å². The molecule has 1 aromatic carbocycles. The lowest BCUT2D eigenvalue weighted by atomic mass is 10.2. The fourth-order valence-corrected chi connectivity index (χ4v) is 1.07. The molecule has 88 valence electrons. The van der Waals surface area contributed by atoms with Crippen molar-refractivity contribution in [3.8, 4) is 5.75 Å². The van der Waals surface area contributed by atoms with E-state index in [0.29, 0.717) is 5.56 Å². The third-order valence-corrected chi connectivity index (χ3v) is 1.84. The summed E-state index contributed by atoms with van der Waals surface area (Å²) >= 11 is 0. The molecule has 0 amide bonds. The van der Waals surface area contributed by atoms with E-state index in [1.807, 2.05) is 0 Å². The van der Waals surface area contributed by atoms with Crippen LogP contribution in [0.4, 0.5) is 8.78 Å². The zero-order chi connectivity index (χ0) is 12.1. The van der Waals surface area contributed by atoms with Crippen LogP contribution in [-0.2, 0) is 9.53 Å². The van der Waals surface area contributed by atoms with Gasteiger partial charge in [-0.25, -0.2) is 9.18 Å². The summed E-state index contributed by atoms with van der Waals surface area (Å²) < 4.78 is 35.1. The third kappa shape index (κ3) is 3.18. The molecule has 0 fully saturated rings. The van der Waals surface area contributed by atoms with Crippen LogP contribution < -0.4 is 4.74 Å². The van der Waals surface area contributed by atoms with Gasteiger partial charge in [0, 0.05) is 0 Å². The first kappa shape index (κ1) is 12.4. The summed E-state index contributed by atoms with van der Waals surface area (Å²) in [4.78, 5) is 10.9. The maximum absolute atomic E-state index is 13.1. The van der Waals surface area contributed by atoms with Crippen molar-refractivity contribution in [3.63, 3.8) is 0 Å². The zero-order valence-electron chi connectivity index (χ0n) is 9.00. The second-order valence-corrected chi connectivity index (χ2v) is 3.10. The minimum Gasteiger partial charge on any atom is -0.461 e. The molecule has 0 radical (unpaired) electrons. The van der Waals surface area contributed by atoms with E-state index in [1.54, 1.807) is 6.92 Å². The van der Waals surface area contributed by atoms with Crippen molar-refractivity contribution in [2.45, 2.75) is 20.2 Å². The Balaban J connectivity index is 2.66. The van der Waals surface area contributed by atoms with Crippen LogP contribution in [0.15, 0.2) is 18.2 Å². The number of halogens is 2. The van der Waals surface area contributed by atoms with E-state index < -0.39 is 18.1 Å². The molecule has 0 spiro atoms. The highest BCUT2D eigenvalue weighted by Crippen LogP contribution is 2.17. The molecule has 0 N–H and O–H groups in total. The second kappa shape index (κ2) is 5.44. The van der Waals surface area contributed by atoms with Gasteiger partial charge in [-0.05, 0) is 37.6 Å². The van der Waals surface area contributed by atoms with Crippen molar-refractivity contribution in [2.24, 2.45) is 0 Å². The number of carbonyl (C=O) groups excluding carboxylic acids is 1. The van der Waals surface area contributed by atoms with Crippen molar-refractivity contribution in [1.29, 1.82) is 0 Å². The fourth-order valence-electron chi connectivity index (χ4n) is 1.07. The molecule has 0 heterocycles. The van der Waals surface area contributed by atoms with E-state index in [0.717, 1.165) is 6.07 Å². The predicted octanol–water partition coefficient (Wildman–Crippen LogP) is 2.37. The Kier molecular flexibility index (Phi) is 4.22. The topological polar surface area (TPSA) is 35.5 Å². The van der Waals surface area contributed by atoms with Crippen LogP contribution in [0.3, 0.4) is 0 Å². The maximum atomic E-state index is 13.1. The summed E-state index contributed by atoms with van der Waals surface area (Å²) in [6.45, 7) is 3.15. The maximum Gasteiger partial charge on any atom is 0.381 e. The summed E-state index contributed by atoms with van der Waals surface area (Å²) in [6.07, 6.45) is -2.19. The van der Waals surface area contributed by atoms with Gasteiger partial charge in [-0.15, -0.1) is 0 Å². The molecular weight excluding hydrogens is 218 g/mol. The SMILES string of the molecule is CCOC(=O)C(F)Oc1ccc(F)c(C)c1. The number of alkyl halides is 1. The highest BCUT2D eigenvalue weighted by molar-refractivity contribution is 5.73. The van der Waals surface area contributed by atoms with E-state index in [2.05, 4.69) is 9.47 Å². The lowest BCUT2D eigenvalue weighted by Crippen LogP contribution is -2.24. The van der Waals surface area contributed by atoms with Gasteiger partial charge in [0.1, 0.15) is 11.6 Å². The Morgan fingerprint density at radius 3 is 2.75 bits per heavy atom. The second-order valence-electron chi connectivity index (χ2n) is 3.10. The van der Waals surface area contributed by atoms with Crippen LogP contribution in [0.5, 0.6) is 5.75 Å². The predicted molar refractivity (Wildman–Crippen MR) is 53.3 cm³/mol. The Labute approximate surface area is 92.0 Å². The van der Waals surface area contributed by atoms with Crippen LogP contribution in [0.25, 0.3) is 0 Å². The van der Waals surface area contributed by atoms with E-state index in [4.69, 9.17) is 0 Å². The molecule has 0 aliphatic carbocycles. The van der Waals surface area contributed by atoms with Crippen molar-refractivity contribution in [3.05, 3.63) is 29.6 Å². The number of ether oxygens (including phenoxy) is 2. The third-order valence-electron chi connectivity index (χ3n) is 1.84. The van der Waals surface area contributed by atoms with Crippen molar-refractivity contribution < 1.29 is 23.0 Å². The van der Waals surface area contributed by atoms with Crippen LogP contribution in [0.1, 0.15) is 12.5 Å². The molecule has 3 nitrogen and oxygen atoms in total. The van der Waals surface area contributed by atoms with Crippen molar-refractivity contribution in [1.82, 2.24) is 0 Å². The summed E-state index contributed by atoms with van der Waals surface area (Å²) in [5.41, 5.74) is 0.313. The average Bonchev–Trinajstić information content (AvgIpc) is 2.24. The van der Waals surface area contributed by atoms with Gasteiger partial charge in [-0.2, -0.15) is 4.39 Å². The quantitative estimate of drug-likeness (QED) is 0.745. The minimum atomic E-state index is -2.19. The monoisotopic (exact) mass is 230 g/mol. The van der Waals surface area contributed by atoms with Crippen LogP contribution in [0.2, 0.25) is 0 Å². The normalized spacial score (nSPS) is 12.0. The molecule has 1 rings (SSSR count). The first-order valence-corrected chi connectivity index (χ1v) is 4.78. The molecule has 0 aromatic heterocycles. The van der Waals surface area contributed by atoms with Gasteiger partial charge in [0.15, 0.2) is 0 Å². The number of carbonyl (C=O) groups is 1. The zero-order valence-corrected chi connectivity index (χ0v) is 9.00. The van der Waals surface area contributed by atoms with Gasteiger partial charge in [0.05, 0.1) is 6.61 Å². The van der Waals surface area contributed by atoms with E-state index >= 15 is 0 Å². The molecule has 16 heavy (non-hydrogen) atoms. The molecule has 0 saturated carbocycles. The summed E-state index contributed by atoms with van der Waals surface area (Å²) in [7, 11) is 0. The first-order chi connectivity index (χ1) is 7.54. The minimum absolute atomic E-state index is 0.0745. The summed E-state index contributed by atoms with van der Waals surface area (Å²) in [5, 5.41) is 0. The number of esters is 1. The van der Waals surface area contributed by atoms with Crippen LogP contribution in [-0.4, -0.2) is 18.9 Å². The Hall–Kier alpha value is -1.65. The molecular formula is C11H12F2O3. The average molecular weight is 230 g/mol. The molecule has 1 unspecified atom stereocenters. The van der Waals surface area contributed by atoms with Crippen LogP contribution >= 0.6 is 0 Å². The largest absolute Gasteiger partial charge is 0.461 e. The van der Waals surface area contributed by atoms with Gasteiger partial charge in [-0.3, -0.25) is 0 Å². The van der Waals surface area contributed by atoms with E-state index in [9.17, 15) is 13.6 Å². The van der Waals surface area contributed by atoms with Gasteiger partial charge < -0.3 is 9.47 Å². The van der Waals surface area contributed by atoms with Crippen LogP contribution in [0, 0.1) is 12.7 Å². The lowest BCUT2D eigenvalue weighted by Gasteiger charge is -2.10. The summed E-state index contributed by atoms with van der Waals surface area (Å²) in [5.74, 6) is -1.43. The molecule has 0 bridgehead atoms. The number of rotatable bonds is 4. The number of hydrogen-bond donors (Lipinski definition) is 0. The number of aryl methyl sites for hydroxylation is 1. The fraction of sp³-hybridized carbons (Fsp3) is 0.364. The number of benzene rings is 1. The first-order valence-electron chi connectivity index (χ1n) is 4.78. The smallest absolute Gasteiger partial charge is 0.381 e. The van der Waals surface area contributed by atoms with Crippen molar-refractivity contribution in [2.75, 3.05) is 6.61 Å². The highest BCUT2D eigenvalue weighted by atomic mass is 19.1. The lowest BCUT2D eigenvalue weighted by molar-refractivity contribution is -0.159. The molecule has 0 aliphatic heterocycles. The summed E-state index contributed by atoms with van der Waals surface area (Å²) in [6, 6.07) is 3.69. The molecule has 0 saturated heterocycles. The van der Waals surface area contributed by atoms with Gasteiger partial charge >= 0.3 is 12.3 Å².